The van der Waals surface area contributed by atoms with E-state index in [0.717, 1.165) is 12.3 Å². The molecule has 1 fully saturated rings. The average molecular weight is 275 g/mol. The first kappa shape index (κ1) is 14.1. The second-order valence-corrected chi connectivity index (χ2v) is 4.60. The first-order valence-corrected chi connectivity index (χ1v) is 6.03. The van der Waals surface area contributed by atoms with Crippen LogP contribution < -0.4 is 10.6 Å². The maximum Gasteiger partial charge on any atom is 0.417 e. The molecule has 0 aliphatic carbocycles. The molecule has 0 aromatic carbocycles. The average Bonchev–Trinajstić information content (AvgIpc) is 2.38. The van der Waals surface area contributed by atoms with Gasteiger partial charge in [-0.1, -0.05) is 0 Å². The van der Waals surface area contributed by atoms with Gasteiger partial charge in [0, 0.05) is 19.3 Å². The van der Waals surface area contributed by atoms with Gasteiger partial charge in [-0.15, -0.1) is 0 Å². The number of ether oxygens (including phenoxy) is 1. The van der Waals surface area contributed by atoms with Crippen LogP contribution in [0, 0.1) is 0 Å². The predicted molar refractivity (Wildman–Crippen MR) is 64.8 cm³/mol. The Bertz CT molecular complexity index is 421. The van der Waals surface area contributed by atoms with Crippen LogP contribution in [-0.2, 0) is 10.9 Å². The summed E-state index contributed by atoms with van der Waals surface area (Å²) in [5.74, 6) is 0.516. The van der Waals surface area contributed by atoms with Crippen LogP contribution in [0.1, 0.15) is 12.5 Å². The standard InChI is InChI=1S/C12H16F3N3O/c1-8-7-19-10(4-16)6-18(8)11-3-2-9(5-17-11)12(13,14)15/h2-3,5,8,10H,4,6-7,16H2,1H3. The number of aromatic nitrogens is 1. The Morgan fingerprint density at radius 1 is 1.47 bits per heavy atom. The number of anilines is 1. The molecular weight excluding hydrogens is 259 g/mol. The van der Waals surface area contributed by atoms with Gasteiger partial charge in [-0.2, -0.15) is 13.2 Å². The molecule has 4 nitrogen and oxygen atoms in total. The van der Waals surface area contributed by atoms with Gasteiger partial charge in [-0.25, -0.2) is 4.98 Å². The van der Waals surface area contributed by atoms with E-state index in [9.17, 15) is 13.2 Å². The molecule has 106 valence electrons. The van der Waals surface area contributed by atoms with Gasteiger partial charge in [0.15, 0.2) is 0 Å². The van der Waals surface area contributed by atoms with Crippen LogP contribution in [0.25, 0.3) is 0 Å². The van der Waals surface area contributed by atoms with Gasteiger partial charge in [-0.3, -0.25) is 0 Å². The number of halogens is 3. The molecule has 7 heteroatoms. The van der Waals surface area contributed by atoms with Gasteiger partial charge in [0.2, 0.25) is 0 Å². The van der Waals surface area contributed by atoms with Crippen molar-refractivity contribution in [3.8, 4) is 0 Å². The summed E-state index contributed by atoms with van der Waals surface area (Å²) in [6.07, 6.45) is -3.61. The van der Waals surface area contributed by atoms with Crippen molar-refractivity contribution in [1.29, 1.82) is 0 Å². The normalized spacial score (nSPS) is 24.6. The highest BCUT2D eigenvalue weighted by Gasteiger charge is 2.32. The minimum Gasteiger partial charge on any atom is -0.373 e. The van der Waals surface area contributed by atoms with Gasteiger partial charge < -0.3 is 15.4 Å². The first-order valence-electron chi connectivity index (χ1n) is 6.03. The second kappa shape index (κ2) is 5.34. The summed E-state index contributed by atoms with van der Waals surface area (Å²) in [4.78, 5) is 5.82. The molecule has 0 spiro atoms. The minimum atomic E-state index is -4.36. The van der Waals surface area contributed by atoms with E-state index < -0.39 is 11.7 Å². The summed E-state index contributed by atoms with van der Waals surface area (Å²) in [5.41, 5.74) is 4.81. The molecule has 2 unspecified atom stereocenters. The van der Waals surface area contributed by atoms with E-state index >= 15 is 0 Å². The van der Waals surface area contributed by atoms with Crippen molar-refractivity contribution in [2.75, 3.05) is 24.6 Å². The van der Waals surface area contributed by atoms with Crippen molar-refractivity contribution in [3.63, 3.8) is 0 Å². The van der Waals surface area contributed by atoms with Crippen molar-refractivity contribution in [1.82, 2.24) is 4.98 Å². The molecule has 2 rings (SSSR count). The van der Waals surface area contributed by atoms with Crippen molar-refractivity contribution < 1.29 is 17.9 Å². The molecule has 1 aromatic rings. The third-order valence-corrected chi connectivity index (χ3v) is 3.14. The summed E-state index contributed by atoms with van der Waals surface area (Å²) < 4.78 is 42.9. The van der Waals surface area contributed by atoms with E-state index in [0.29, 0.717) is 25.5 Å². The molecule has 0 saturated carbocycles. The molecule has 2 atom stereocenters. The molecule has 19 heavy (non-hydrogen) atoms. The highest BCUT2D eigenvalue weighted by atomic mass is 19.4. The molecule has 1 saturated heterocycles. The number of rotatable bonds is 2. The van der Waals surface area contributed by atoms with Crippen LogP contribution in [0.5, 0.6) is 0 Å². The Morgan fingerprint density at radius 3 is 2.74 bits per heavy atom. The lowest BCUT2D eigenvalue weighted by Crippen LogP contribution is -2.51. The zero-order valence-corrected chi connectivity index (χ0v) is 10.5. The third-order valence-electron chi connectivity index (χ3n) is 3.14. The van der Waals surface area contributed by atoms with E-state index in [4.69, 9.17) is 10.5 Å². The van der Waals surface area contributed by atoms with Crippen molar-refractivity contribution in [3.05, 3.63) is 23.9 Å². The Kier molecular flexibility index (Phi) is 3.96. The Morgan fingerprint density at radius 2 is 2.21 bits per heavy atom. The summed E-state index contributed by atoms with van der Waals surface area (Å²) in [7, 11) is 0. The quantitative estimate of drug-likeness (QED) is 0.891. The van der Waals surface area contributed by atoms with Gasteiger partial charge in [0.1, 0.15) is 5.82 Å². The maximum absolute atomic E-state index is 12.5. The Balaban J connectivity index is 2.16. The molecular formula is C12H16F3N3O. The maximum atomic E-state index is 12.5. The zero-order valence-electron chi connectivity index (χ0n) is 10.5. The molecule has 2 N–H and O–H groups in total. The van der Waals surface area contributed by atoms with Crippen LogP contribution in [0.4, 0.5) is 19.0 Å². The number of hydrogen-bond donors (Lipinski definition) is 1. The van der Waals surface area contributed by atoms with Crippen LogP contribution in [-0.4, -0.2) is 36.8 Å². The largest absolute Gasteiger partial charge is 0.417 e. The van der Waals surface area contributed by atoms with Gasteiger partial charge >= 0.3 is 6.18 Å². The summed E-state index contributed by atoms with van der Waals surface area (Å²) >= 11 is 0. The molecule has 0 amide bonds. The highest BCUT2D eigenvalue weighted by molar-refractivity contribution is 5.41. The zero-order chi connectivity index (χ0) is 14.0. The molecule has 1 aromatic heterocycles. The lowest BCUT2D eigenvalue weighted by Gasteiger charge is -2.38. The Hall–Kier alpha value is -1.34. The number of pyridine rings is 1. The summed E-state index contributed by atoms with van der Waals surface area (Å²) in [6, 6.07) is 2.49. The monoisotopic (exact) mass is 275 g/mol. The van der Waals surface area contributed by atoms with Gasteiger partial charge in [0.25, 0.3) is 0 Å². The van der Waals surface area contributed by atoms with Gasteiger partial charge in [-0.05, 0) is 19.1 Å². The molecule has 2 heterocycles. The second-order valence-electron chi connectivity index (χ2n) is 4.60. The molecule has 1 aliphatic rings. The third kappa shape index (κ3) is 3.16. The van der Waals surface area contributed by atoms with E-state index in [-0.39, 0.29) is 12.1 Å². The highest BCUT2D eigenvalue weighted by Crippen LogP contribution is 2.30. The number of morpholine rings is 1. The van der Waals surface area contributed by atoms with Crippen LogP contribution in [0.3, 0.4) is 0 Å². The van der Waals surface area contributed by atoms with Crippen molar-refractivity contribution >= 4 is 5.82 Å². The van der Waals surface area contributed by atoms with Crippen molar-refractivity contribution in [2.45, 2.75) is 25.2 Å². The van der Waals surface area contributed by atoms with E-state index in [1.165, 1.54) is 6.07 Å². The fraction of sp³-hybridized carbons (Fsp3) is 0.583. The smallest absolute Gasteiger partial charge is 0.373 e. The first-order chi connectivity index (χ1) is 8.91. The molecule has 0 radical (unpaired) electrons. The number of hydrogen-bond acceptors (Lipinski definition) is 4. The van der Waals surface area contributed by atoms with Crippen LogP contribution >= 0.6 is 0 Å². The molecule has 1 aliphatic heterocycles. The SMILES string of the molecule is CC1COC(CN)CN1c1ccc(C(F)(F)F)cn1. The van der Waals surface area contributed by atoms with E-state index in [1.807, 2.05) is 11.8 Å². The minimum absolute atomic E-state index is 0.0621. The number of nitrogens with zero attached hydrogens (tertiary/aromatic N) is 2. The van der Waals surface area contributed by atoms with Crippen molar-refractivity contribution in [2.24, 2.45) is 5.73 Å². The molecule has 0 bridgehead atoms. The fourth-order valence-corrected chi connectivity index (χ4v) is 2.00. The van der Waals surface area contributed by atoms with Gasteiger partial charge in [0.05, 0.1) is 24.3 Å². The van der Waals surface area contributed by atoms with Crippen LogP contribution in [0.15, 0.2) is 18.3 Å². The number of nitrogens with two attached hydrogens (primary N) is 1. The number of alkyl halides is 3. The summed E-state index contributed by atoms with van der Waals surface area (Å²) in [5, 5.41) is 0. The van der Waals surface area contributed by atoms with E-state index in [2.05, 4.69) is 4.98 Å². The van der Waals surface area contributed by atoms with Crippen LogP contribution in [0.2, 0.25) is 0 Å². The lowest BCUT2D eigenvalue weighted by atomic mass is 10.2. The topological polar surface area (TPSA) is 51.4 Å². The van der Waals surface area contributed by atoms with E-state index in [1.54, 1.807) is 0 Å². The lowest BCUT2D eigenvalue weighted by molar-refractivity contribution is -0.137. The fourth-order valence-electron chi connectivity index (χ4n) is 2.00. The Labute approximate surface area is 109 Å². The predicted octanol–water partition coefficient (Wildman–Crippen LogP) is 1.65. The summed E-state index contributed by atoms with van der Waals surface area (Å²) in [6.45, 7) is 3.34.